The fraction of sp³-hybridized carbons (Fsp3) is 0.143. The van der Waals surface area contributed by atoms with Gasteiger partial charge in [0.25, 0.3) is 0 Å². The minimum absolute atomic E-state index is 0.169. The van der Waals surface area contributed by atoms with Gasteiger partial charge in [0.05, 0.1) is 0 Å². The molecule has 0 saturated heterocycles. The summed E-state index contributed by atoms with van der Waals surface area (Å²) >= 11 is 15.4. The average Bonchev–Trinajstić information content (AvgIpc) is 2.32. The Morgan fingerprint density at radius 2 is 1.79 bits per heavy atom. The van der Waals surface area contributed by atoms with Crippen LogP contribution in [0.1, 0.15) is 16.0 Å². The summed E-state index contributed by atoms with van der Waals surface area (Å²) in [5.41, 5.74) is 1.24. The molecule has 0 bridgehead atoms. The molecule has 5 heteroatoms. The number of hydrogen-bond acceptors (Lipinski definition) is 0. The van der Waals surface area contributed by atoms with E-state index in [1.54, 1.807) is 18.2 Å². The van der Waals surface area contributed by atoms with Gasteiger partial charge in [-0.1, -0.05) is 51.3 Å². The maximum Gasteiger partial charge on any atom is 0.129 e. The first-order valence-corrected chi connectivity index (χ1v) is 7.17. The standard InChI is InChI=1S/C14H9BrCl2F2/c15-12(11-4-2-9(16)6-13(11)17)5-8-1-3-10(18)7-14(8)19/h1-4,6-7,12H,5H2. The maximum absolute atomic E-state index is 13.6. The van der Waals surface area contributed by atoms with Crippen LogP contribution in [-0.2, 0) is 6.42 Å². The van der Waals surface area contributed by atoms with E-state index < -0.39 is 11.6 Å². The SMILES string of the molecule is Fc1ccc(CC(Br)c2ccc(Cl)cc2Cl)c(F)c1. The summed E-state index contributed by atoms with van der Waals surface area (Å²) in [6, 6.07) is 8.68. The summed E-state index contributed by atoms with van der Waals surface area (Å²) in [7, 11) is 0. The lowest BCUT2D eigenvalue weighted by Crippen LogP contribution is -1.99. The van der Waals surface area contributed by atoms with Crippen molar-refractivity contribution < 1.29 is 8.78 Å². The lowest BCUT2D eigenvalue weighted by molar-refractivity contribution is 0.571. The van der Waals surface area contributed by atoms with Crippen molar-refractivity contribution in [3.63, 3.8) is 0 Å². The Balaban J connectivity index is 2.23. The number of benzene rings is 2. The molecule has 0 heterocycles. The number of halogens is 5. The molecule has 2 rings (SSSR count). The Hall–Kier alpha value is -0.640. The zero-order valence-electron chi connectivity index (χ0n) is 9.64. The van der Waals surface area contributed by atoms with E-state index in [0.717, 1.165) is 11.6 Å². The van der Waals surface area contributed by atoms with Gasteiger partial charge in [-0.3, -0.25) is 0 Å². The van der Waals surface area contributed by atoms with Gasteiger partial charge in [-0.2, -0.15) is 0 Å². The van der Waals surface area contributed by atoms with Crippen LogP contribution in [0.25, 0.3) is 0 Å². The Bertz CT molecular complexity index is 602. The van der Waals surface area contributed by atoms with Gasteiger partial charge in [-0.05, 0) is 35.7 Å². The molecular formula is C14H9BrCl2F2. The first-order chi connectivity index (χ1) is 8.97. The summed E-state index contributed by atoms with van der Waals surface area (Å²) in [6.07, 6.45) is 0.369. The van der Waals surface area contributed by atoms with E-state index in [4.69, 9.17) is 23.2 Å². The second kappa shape index (κ2) is 6.21. The van der Waals surface area contributed by atoms with E-state index >= 15 is 0 Å². The molecule has 0 amide bonds. The highest BCUT2D eigenvalue weighted by Gasteiger charge is 2.15. The van der Waals surface area contributed by atoms with E-state index in [1.165, 1.54) is 12.1 Å². The van der Waals surface area contributed by atoms with Crippen LogP contribution < -0.4 is 0 Å². The first kappa shape index (κ1) is 14.8. The second-order valence-electron chi connectivity index (χ2n) is 4.07. The van der Waals surface area contributed by atoms with Crippen molar-refractivity contribution in [3.05, 3.63) is 69.2 Å². The minimum atomic E-state index is -0.586. The van der Waals surface area contributed by atoms with Gasteiger partial charge in [-0.25, -0.2) is 8.78 Å². The van der Waals surface area contributed by atoms with Crippen LogP contribution >= 0.6 is 39.1 Å². The van der Waals surface area contributed by atoms with Crippen molar-refractivity contribution >= 4 is 39.1 Å². The summed E-state index contributed by atoms with van der Waals surface area (Å²) in [5.74, 6) is -1.15. The molecular weight excluding hydrogens is 357 g/mol. The van der Waals surface area contributed by atoms with Crippen molar-refractivity contribution in [2.24, 2.45) is 0 Å². The molecule has 2 aromatic rings. The molecule has 0 spiro atoms. The van der Waals surface area contributed by atoms with Gasteiger partial charge in [0, 0.05) is 20.9 Å². The van der Waals surface area contributed by atoms with Crippen LogP contribution in [-0.4, -0.2) is 0 Å². The van der Waals surface area contributed by atoms with E-state index in [0.29, 0.717) is 22.0 Å². The number of alkyl halides is 1. The largest absolute Gasteiger partial charge is 0.207 e. The highest BCUT2D eigenvalue weighted by Crippen LogP contribution is 2.34. The molecule has 2 aromatic carbocycles. The van der Waals surface area contributed by atoms with Crippen LogP contribution in [0.4, 0.5) is 8.78 Å². The van der Waals surface area contributed by atoms with Gasteiger partial charge in [0.15, 0.2) is 0 Å². The molecule has 0 fully saturated rings. The summed E-state index contributed by atoms with van der Waals surface area (Å²) < 4.78 is 26.4. The van der Waals surface area contributed by atoms with Gasteiger partial charge >= 0.3 is 0 Å². The molecule has 19 heavy (non-hydrogen) atoms. The average molecular weight is 366 g/mol. The molecule has 1 atom stereocenters. The number of rotatable bonds is 3. The Morgan fingerprint density at radius 1 is 1.05 bits per heavy atom. The third kappa shape index (κ3) is 3.68. The number of hydrogen-bond donors (Lipinski definition) is 0. The molecule has 0 aromatic heterocycles. The van der Waals surface area contributed by atoms with Gasteiger partial charge in [0.2, 0.25) is 0 Å². The Morgan fingerprint density at radius 3 is 2.42 bits per heavy atom. The van der Waals surface area contributed by atoms with Crippen LogP contribution in [0.3, 0.4) is 0 Å². The molecule has 0 saturated carbocycles. The zero-order valence-corrected chi connectivity index (χ0v) is 12.7. The quantitative estimate of drug-likeness (QED) is 0.589. The predicted octanol–water partition coefficient (Wildman–Crippen LogP) is 5.95. The molecule has 0 N–H and O–H groups in total. The zero-order chi connectivity index (χ0) is 14.0. The normalized spacial score (nSPS) is 12.5. The molecule has 1 unspecified atom stereocenters. The maximum atomic E-state index is 13.6. The van der Waals surface area contributed by atoms with E-state index in [2.05, 4.69) is 15.9 Å². The first-order valence-electron chi connectivity index (χ1n) is 5.50. The Labute approximate surface area is 128 Å². The molecule has 0 radical (unpaired) electrons. The van der Waals surface area contributed by atoms with Crippen LogP contribution in [0, 0.1) is 11.6 Å². The molecule has 0 aliphatic rings. The fourth-order valence-electron chi connectivity index (χ4n) is 1.75. The molecule has 0 aliphatic heterocycles. The van der Waals surface area contributed by atoms with Gasteiger partial charge in [0.1, 0.15) is 11.6 Å². The van der Waals surface area contributed by atoms with Crippen molar-refractivity contribution in [2.75, 3.05) is 0 Å². The van der Waals surface area contributed by atoms with Crippen molar-refractivity contribution in [1.82, 2.24) is 0 Å². The van der Waals surface area contributed by atoms with E-state index in [9.17, 15) is 8.78 Å². The van der Waals surface area contributed by atoms with Crippen LogP contribution in [0.2, 0.25) is 10.0 Å². The molecule has 0 aliphatic carbocycles. The molecule has 100 valence electrons. The van der Waals surface area contributed by atoms with Crippen molar-refractivity contribution in [1.29, 1.82) is 0 Å². The van der Waals surface area contributed by atoms with Crippen LogP contribution in [0.5, 0.6) is 0 Å². The summed E-state index contributed by atoms with van der Waals surface area (Å²) in [6.45, 7) is 0. The highest BCUT2D eigenvalue weighted by atomic mass is 79.9. The van der Waals surface area contributed by atoms with Gasteiger partial charge < -0.3 is 0 Å². The fourth-order valence-corrected chi connectivity index (χ4v) is 3.17. The predicted molar refractivity (Wildman–Crippen MR) is 78.2 cm³/mol. The monoisotopic (exact) mass is 364 g/mol. The lowest BCUT2D eigenvalue weighted by Gasteiger charge is -2.13. The highest BCUT2D eigenvalue weighted by molar-refractivity contribution is 9.09. The van der Waals surface area contributed by atoms with E-state index in [-0.39, 0.29) is 4.83 Å². The van der Waals surface area contributed by atoms with E-state index in [1.807, 2.05) is 0 Å². The minimum Gasteiger partial charge on any atom is -0.207 e. The molecule has 0 nitrogen and oxygen atoms in total. The van der Waals surface area contributed by atoms with Crippen molar-refractivity contribution in [3.8, 4) is 0 Å². The smallest absolute Gasteiger partial charge is 0.129 e. The van der Waals surface area contributed by atoms with Crippen molar-refractivity contribution in [2.45, 2.75) is 11.2 Å². The lowest BCUT2D eigenvalue weighted by atomic mass is 10.0. The Kier molecular flexibility index (Phi) is 4.82. The van der Waals surface area contributed by atoms with Crippen LogP contribution in [0.15, 0.2) is 36.4 Å². The second-order valence-corrected chi connectivity index (χ2v) is 6.02. The topological polar surface area (TPSA) is 0 Å². The summed E-state index contributed by atoms with van der Waals surface area (Å²) in [4.78, 5) is -0.169. The third-order valence-electron chi connectivity index (χ3n) is 2.71. The summed E-state index contributed by atoms with van der Waals surface area (Å²) in [5, 5.41) is 1.05. The third-order valence-corrected chi connectivity index (χ3v) is 4.09. The van der Waals surface area contributed by atoms with Gasteiger partial charge in [-0.15, -0.1) is 0 Å².